The minimum absolute atomic E-state index is 0.0119. The maximum absolute atomic E-state index is 12.6. The van der Waals surface area contributed by atoms with Crippen LogP contribution < -0.4 is 4.74 Å². The van der Waals surface area contributed by atoms with E-state index in [1.807, 2.05) is 69.4 Å². The van der Waals surface area contributed by atoms with E-state index in [1.165, 1.54) is 12.8 Å². The molecule has 1 amide bonds. The van der Waals surface area contributed by atoms with Gasteiger partial charge in [-0.2, -0.15) is 0 Å². The fourth-order valence-electron chi connectivity index (χ4n) is 5.31. The van der Waals surface area contributed by atoms with Gasteiger partial charge in [-0.1, -0.05) is 49.2 Å². The molecular formula is C30H39NO5. The summed E-state index contributed by atoms with van der Waals surface area (Å²) in [5.74, 6) is 0.594. The highest BCUT2D eigenvalue weighted by Gasteiger charge is 2.30. The Bertz CT molecular complexity index is 1010. The average Bonchev–Trinajstić information content (AvgIpc) is 3.42. The second-order valence-corrected chi connectivity index (χ2v) is 10.4. The monoisotopic (exact) mass is 493 g/mol. The maximum atomic E-state index is 12.6. The van der Waals surface area contributed by atoms with Crippen LogP contribution in [0.4, 0.5) is 4.79 Å². The van der Waals surface area contributed by atoms with Crippen molar-refractivity contribution in [2.75, 3.05) is 7.05 Å². The molecule has 4 rings (SSSR count). The largest absolute Gasteiger partial charge is 0.490 e. The van der Waals surface area contributed by atoms with Gasteiger partial charge in [0.1, 0.15) is 12.4 Å². The number of amides is 1. The number of ether oxygens (including phenoxy) is 3. The molecule has 2 aromatic carbocycles. The number of nitrogens with zero attached hydrogens (tertiary/aromatic N) is 1. The first-order valence-electron chi connectivity index (χ1n) is 13.4. The predicted molar refractivity (Wildman–Crippen MR) is 140 cm³/mol. The molecule has 0 aliphatic heterocycles. The summed E-state index contributed by atoms with van der Waals surface area (Å²) in [6, 6.07) is 16.3. The summed E-state index contributed by atoms with van der Waals surface area (Å²) in [6.07, 6.45) is 7.58. The van der Waals surface area contributed by atoms with E-state index in [2.05, 4.69) is 0 Å². The molecule has 0 heterocycles. The second kappa shape index (κ2) is 12.3. The van der Waals surface area contributed by atoms with Crippen LogP contribution in [-0.2, 0) is 20.9 Å². The Morgan fingerprint density at radius 3 is 2.39 bits per heavy atom. The number of benzene rings is 2. The maximum Gasteiger partial charge on any atom is 0.410 e. The van der Waals surface area contributed by atoms with E-state index >= 15 is 0 Å². The number of carbonyl (C=O) groups excluding carboxylic acids is 2. The van der Waals surface area contributed by atoms with Gasteiger partial charge in [0.15, 0.2) is 0 Å². The molecule has 0 unspecified atom stereocenters. The molecule has 2 saturated carbocycles. The van der Waals surface area contributed by atoms with Crippen LogP contribution in [-0.4, -0.2) is 42.3 Å². The fraction of sp³-hybridized carbons (Fsp3) is 0.533. The van der Waals surface area contributed by atoms with E-state index in [1.54, 1.807) is 4.90 Å². The van der Waals surface area contributed by atoms with E-state index in [9.17, 15) is 9.59 Å². The first-order chi connectivity index (χ1) is 17.4. The van der Waals surface area contributed by atoms with Crippen molar-refractivity contribution in [3.8, 4) is 16.9 Å². The Hall–Kier alpha value is -3.02. The second-order valence-electron chi connectivity index (χ2n) is 10.4. The molecule has 194 valence electrons. The molecule has 6 heteroatoms. The van der Waals surface area contributed by atoms with E-state index in [-0.39, 0.29) is 36.8 Å². The highest BCUT2D eigenvalue weighted by atomic mass is 16.6. The Morgan fingerprint density at radius 1 is 0.944 bits per heavy atom. The molecule has 0 aromatic heterocycles. The first-order valence-corrected chi connectivity index (χ1v) is 13.4. The molecule has 0 N–H and O–H groups in total. The summed E-state index contributed by atoms with van der Waals surface area (Å²) in [5, 5.41) is 0. The van der Waals surface area contributed by atoms with Crippen molar-refractivity contribution < 1.29 is 23.8 Å². The zero-order chi connectivity index (χ0) is 25.5. The average molecular weight is 494 g/mol. The first kappa shape index (κ1) is 26.1. The van der Waals surface area contributed by atoms with Gasteiger partial charge in [0.25, 0.3) is 0 Å². The summed E-state index contributed by atoms with van der Waals surface area (Å²) in [6.45, 7) is 4.00. The molecule has 2 aromatic rings. The Labute approximate surface area is 214 Å². The Balaban J connectivity index is 1.35. The van der Waals surface area contributed by atoms with Crippen LogP contribution in [0.2, 0.25) is 0 Å². The van der Waals surface area contributed by atoms with Gasteiger partial charge in [0.05, 0.1) is 18.1 Å². The summed E-state index contributed by atoms with van der Waals surface area (Å²) >= 11 is 0. The molecule has 0 spiro atoms. The minimum Gasteiger partial charge on any atom is -0.490 e. The van der Waals surface area contributed by atoms with Crippen molar-refractivity contribution in [1.82, 2.24) is 4.90 Å². The molecule has 0 radical (unpaired) electrons. The molecular weight excluding hydrogens is 454 g/mol. The van der Waals surface area contributed by atoms with Gasteiger partial charge in [-0.05, 0) is 81.2 Å². The lowest BCUT2D eigenvalue weighted by Gasteiger charge is -2.29. The number of carbonyl (C=O) groups is 2. The number of esters is 1. The van der Waals surface area contributed by atoms with Gasteiger partial charge >= 0.3 is 12.1 Å². The van der Waals surface area contributed by atoms with Crippen molar-refractivity contribution in [3.05, 3.63) is 54.1 Å². The molecule has 2 fully saturated rings. The quantitative estimate of drug-likeness (QED) is 0.380. The Morgan fingerprint density at radius 2 is 1.67 bits per heavy atom. The van der Waals surface area contributed by atoms with Gasteiger partial charge in [0, 0.05) is 13.1 Å². The molecule has 36 heavy (non-hydrogen) atoms. The molecule has 0 saturated heterocycles. The summed E-state index contributed by atoms with van der Waals surface area (Å²) < 4.78 is 17.3. The number of rotatable bonds is 8. The van der Waals surface area contributed by atoms with Gasteiger partial charge < -0.3 is 19.1 Å². The van der Waals surface area contributed by atoms with E-state index in [0.29, 0.717) is 12.5 Å². The van der Waals surface area contributed by atoms with Crippen LogP contribution in [0.1, 0.15) is 70.8 Å². The van der Waals surface area contributed by atoms with Crippen molar-refractivity contribution in [3.63, 3.8) is 0 Å². The molecule has 2 aliphatic rings. The highest BCUT2D eigenvalue weighted by Crippen LogP contribution is 2.31. The van der Waals surface area contributed by atoms with Crippen molar-refractivity contribution in [1.29, 1.82) is 0 Å². The smallest absolute Gasteiger partial charge is 0.410 e. The third-order valence-electron chi connectivity index (χ3n) is 7.31. The van der Waals surface area contributed by atoms with E-state index in [4.69, 9.17) is 14.2 Å². The molecule has 0 bridgehead atoms. The zero-order valence-corrected chi connectivity index (χ0v) is 21.8. The third-order valence-corrected chi connectivity index (χ3v) is 7.31. The van der Waals surface area contributed by atoms with E-state index in [0.717, 1.165) is 54.5 Å². The standard InChI is InChI=1S/C30H39NO5/c1-21(2)35-29(32)23-10-8-13-27(19-23)36-26-17-15-22(16-18-26)28-14-7-4-9-24(28)20-34-30(33)31(3)25-11-5-6-12-25/h4,7,9,14-18,21,23,25,27H,5-6,8,10-13,19-20H2,1-3H3/t23-,27-/m0/s1. The normalized spacial score (nSPS) is 20.2. The SMILES string of the molecule is CC(C)OC(=O)[C@H]1CCC[C@H](Oc2ccc(-c3ccccc3COC(=O)N(C)C3CCCC3)cc2)C1. The number of hydrogen-bond acceptors (Lipinski definition) is 5. The fourth-order valence-corrected chi connectivity index (χ4v) is 5.31. The minimum atomic E-state index is -0.261. The van der Waals surface area contributed by atoms with Crippen molar-refractivity contribution >= 4 is 12.1 Å². The van der Waals surface area contributed by atoms with Crippen LogP contribution in [0, 0.1) is 5.92 Å². The summed E-state index contributed by atoms with van der Waals surface area (Å²) in [5.41, 5.74) is 3.05. The summed E-state index contributed by atoms with van der Waals surface area (Å²) in [7, 11) is 1.84. The summed E-state index contributed by atoms with van der Waals surface area (Å²) in [4.78, 5) is 26.6. The molecule has 2 aliphatic carbocycles. The van der Waals surface area contributed by atoms with Crippen molar-refractivity contribution in [2.24, 2.45) is 5.92 Å². The third kappa shape index (κ3) is 6.80. The van der Waals surface area contributed by atoms with Crippen molar-refractivity contribution in [2.45, 2.75) is 90.1 Å². The van der Waals surface area contributed by atoms with Crippen LogP contribution in [0.3, 0.4) is 0 Å². The van der Waals surface area contributed by atoms with E-state index < -0.39 is 0 Å². The lowest BCUT2D eigenvalue weighted by molar-refractivity contribution is -0.154. The van der Waals surface area contributed by atoms with Gasteiger partial charge in [-0.25, -0.2) is 4.79 Å². The topological polar surface area (TPSA) is 65.1 Å². The van der Waals surface area contributed by atoms with Gasteiger partial charge in [0.2, 0.25) is 0 Å². The van der Waals surface area contributed by atoms with Gasteiger partial charge in [-0.3, -0.25) is 4.79 Å². The zero-order valence-electron chi connectivity index (χ0n) is 21.8. The predicted octanol–water partition coefficient (Wildman–Crippen LogP) is 6.75. The lowest BCUT2D eigenvalue weighted by atomic mass is 9.87. The lowest BCUT2D eigenvalue weighted by Crippen LogP contribution is -2.35. The van der Waals surface area contributed by atoms with Crippen LogP contribution >= 0.6 is 0 Å². The highest BCUT2D eigenvalue weighted by molar-refractivity contribution is 5.73. The number of hydrogen-bond donors (Lipinski definition) is 0. The molecule has 2 atom stereocenters. The molecule has 6 nitrogen and oxygen atoms in total. The van der Waals surface area contributed by atoms with Gasteiger partial charge in [-0.15, -0.1) is 0 Å². The van der Waals surface area contributed by atoms with Crippen LogP contribution in [0.5, 0.6) is 5.75 Å². The van der Waals surface area contributed by atoms with Crippen LogP contribution in [0.15, 0.2) is 48.5 Å². The van der Waals surface area contributed by atoms with Crippen LogP contribution in [0.25, 0.3) is 11.1 Å². The Kier molecular flexibility index (Phi) is 8.89.